The Labute approximate surface area is 105 Å². The number of rotatable bonds is 5. The van der Waals surface area contributed by atoms with Crippen molar-refractivity contribution in [1.82, 2.24) is 20.0 Å². The van der Waals surface area contributed by atoms with Gasteiger partial charge in [0.25, 0.3) is 0 Å². The van der Waals surface area contributed by atoms with Crippen LogP contribution in [0.3, 0.4) is 0 Å². The predicted molar refractivity (Wildman–Crippen MR) is 64.1 cm³/mol. The van der Waals surface area contributed by atoms with E-state index < -0.39 is 0 Å². The minimum atomic E-state index is 0.516. The zero-order valence-electron chi connectivity index (χ0n) is 9.98. The quantitative estimate of drug-likeness (QED) is 0.767. The molecular weight excluding hydrogens is 240 g/mol. The number of hydrogen-bond donors (Lipinski definition) is 0. The van der Waals surface area contributed by atoms with E-state index in [1.54, 1.807) is 4.68 Å². The highest BCUT2D eigenvalue weighted by molar-refractivity contribution is 6.17. The molecule has 0 aromatic carbocycles. The Kier molecular flexibility index (Phi) is 3.78. The second-order valence-electron chi connectivity index (χ2n) is 3.95. The zero-order valence-corrected chi connectivity index (χ0v) is 10.7. The normalized spacial score (nSPS) is 11.0. The molecule has 0 unspecified atom stereocenters. The van der Waals surface area contributed by atoms with E-state index in [1.165, 1.54) is 0 Å². The van der Waals surface area contributed by atoms with Crippen molar-refractivity contribution in [2.24, 2.45) is 0 Å². The molecule has 0 fully saturated rings. The van der Waals surface area contributed by atoms with E-state index in [1.807, 2.05) is 20.0 Å². The Morgan fingerprint density at radius 2 is 2.24 bits per heavy atom. The van der Waals surface area contributed by atoms with Gasteiger partial charge in [0.1, 0.15) is 12.3 Å². The highest BCUT2D eigenvalue weighted by Gasteiger charge is 2.07. The molecule has 2 heterocycles. The molecule has 2 rings (SSSR count). The molecule has 17 heavy (non-hydrogen) atoms. The monoisotopic (exact) mass is 254 g/mol. The number of halogens is 1. The summed E-state index contributed by atoms with van der Waals surface area (Å²) in [6.07, 6.45) is 3.67. The van der Waals surface area contributed by atoms with E-state index >= 15 is 0 Å². The first-order valence-electron chi connectivity index (χ1n) is 5.57. The maximum Gasteiger partial charge on any atom is 0.216 e. The first kappa shape index (κ1) is 12.1. The molecular formula is C11H15ClN4O. The van der Waals surface area contributed by atoms with Crippen molar-refractivity contribution in [1.29, 1.82) is 0 Å². The smallest absolute Gasteiger partial charge is 0.216 e. The number of oxazole rings is 1. The Morgan fingerprint density at radius 3 is 2.88 bits per heavy atom. The van der Waals surface area contributed by atoms with Crippen LogP contribution in [0, 0.1) is 13.8 Å². The molecule has 0 radical (unpaired) electrons. The van der Waals surface area contributed by atoms with Crippen LogP contribution in [0.2, 0.25) is 0 Å². The fraction of sp³-hybridized carbons (Fsp3) is 0.545. The number of hydrogen-bond acceptors (Lipinski definition) is 4. The van der Waals surface area contributed by atoms with Gasteiger partial charge in [0.2, 0.25) is 5.89 Å². The highest BCUT2D eigenvalue weighted by Crippen LogP contribution is 2.09. The van der Waals surface area contributed by atoms with Gasteiger partial charge in [-0.05, 0) is 26.7 Å². The largest absolute Gasteiger partial charge is 0.444 e. The molecule has 0 atom stereocenters. The molecule has 5 nitrogen and oxygen atoms in total. The van der Waals surface area contributed by atoms with Crippen molar-refractivity contribution in [2.45, 2.75) is 33.2 Å². The summed E-state index contributed by atoms with van der Waals surface area (Å²) in [5.41, 5.74) is 1.87. The second-order valence-corrected chi connectivity index (χ2v) is 4.33. The number of alkyl halides is 1. The van der Waals surface area contributed by atoms with Crippen LogP contribution < -0.4 is 0 Å². The Balaban J connectivity index is 2.01. The van der Waals surface area contributed by atoms with E-state index in [0.29, 0.717) is 18.3 Å². The van der Waals surface area contributed by atoms with Gasteiger partial charge in [-0.15, -0.1) is 16.7 Å². The summed E-state index contributed by atoms with van der Waals surface area (Å²) in [6.45, 7) is 4.34. The van der Waals surface area contributed by atoms with Gasteiger partial charge in [0.15, 0.2) is 0 Å². The standard InChI is InChI=1S/C11H15ClN4O/c1-8-9(2)17-11(13-8)7-16-6-10(14-15-16)4-3-5-12/h6H,3-5,7H2,1-2H3. The summed E-state index contributed by atoms with van der Waals surface area (Å²) in [4.78, 5) is 4.30. The van der Waals surface area contributed by atoms with Gasteiger partial charge in [-0.3, -0.25) is 0 Å². The molecule has 2 aromatic rings. The summed E-state index contributed by atoms with van der Waals surface area (Å²) in [6, 6.07) is 0. The molecule has 92 valence electrons. The lowest BCUT2D eigenvalue weighted by atomic mass is 10.3. The topological polar surface area (TPSA) is 56.7 Å². The molecule has 0 amide bonds. The maximum atomic E-state index is 5.63. The minimum absolute atomic E-state index is 0.516. The first-order valence-corrected chi connectivity index (χ1v) is 6.10. The van der Waals surface area contributed by atoms with Crippen LogP contribution in [-0.4, -0.2) is 25.9 Å². The molecule has 0 saturated heterocycles. The van der Waals surface area contributed by atoms with Crippen LogP contribution in [0.15, 0.2) is 10.6 Å². The van der Waals surface area contributed by atoms with E-state index in [9.17, 15) is 0 Å². The Hall–Kier alpha value is -1.36. The van der Waals surface area contributed by atoms with Crippen LogP contribution in [-0.2, 0) is 13.0 Å². The van der Waals surface area contributed by atoms with E-state index in [2.05, 4.69) is 15.3 Å². The minimum Gasteiger partial charge on any atom is -0.444 e. The van der Waals surface area contributed by atoms with Crippen molar-refractivity contribution >= 4 is 11.6 Å². The van der Waals surface area contributed by atoms with Crippen molar-refractivity contribution in [2.75, 3.05) is 5.88 Å². The van der Waals surface area contributed by atoms with Gasteiger partial charge in [0, 0.05) is 12.1 Å². The maximum absolute atomic E-state index is 5.63. The van der Waals surface area contributed by atoms with Crippen molar-refractivity contribution < 1.29 is 4.42 Å². The van der Waals surface area contributed by atoms with Crippen LogP contribution in [0.1, 0.15) is 29.5 Å². The Morgan fingerprint density at radius 1 is 1.41 bits per heavy atom. The molecule has 0 aliphatic heterocycles. The molecule has 0 spiro atoms. The summed E-state index contributed by atoms with van der Waals surface area (Å²) in [7, 11) is 0. The second kappa shape index (κ2) is 5.31. The lowest BCUT2D eigenvalue weighted by Crippen LogP contribution is -2.00. The molecule has 0 aliphatic carbocycles. The summed E-state index contributed by atoms with van der Waals surface area (Å²) in [5, 5.41) is 8.09. The lowest BCUT2D eigenvalue weighted by molar-refractivity contribution is 0.442. The summed E-state index contributed by atoms with van der Waals surface area (Å²) >= 11 is 5.63. The van der Waals surface area contributed by atoms with Gasteiger partial charge in [0.05, 0.1) is 11.4 Å². The third kappa shape index (κ3) is 3.06. The predicted octanol–water partition coefficient (Wildman–Crippen LogP) is 2.10. The summed E-state index contributed by atoms with van der Waals surface area (Å²) < 4.78 is 7.22. The van der Waals surface area contributed by atoms with Crippen LogP contribution in [0.25, 0.3) is 0 Å². The fourth-order valence-electron chi connectivity index (χ4n) is 1.52. The number of aromatic nitrogens is 4. The molecule has 0 aliphatic rings. The Bertz CT molecular complexity index is 472. The van der Waals surface area contributed by atoms with Crippen LogP contribution >= 0.6 is 11.6 Å². The van der Waals surface area contributed by atoms with Crippen molar-refractivity contribution in [3.63, 3.8) is 0 Å². The molecule has 0 bridgehead atoms. The highest BCUT2D eigenvalue weighted by atomic mass is 35.5. The van der Waals surface area contributed by atoms with Crippen molar-refractivity contribution in [3.05, 3.63) is 29.2 Å². The summed E-state index contributed by atoms with van der Waals surface area (Å²) in [5.74, 6) is 2.15. The van der Waals surface area contributed by atoms with Gasteiger partial charge in [-0.25, -0.2) is 9.67 Å². The van der Waals surface area contributed by atoms with Crippen LogP contribution in [0.4, 0.5) is 0 Å². The molecule has 6 heteroatoms. The lowest BCUT2D eigenvalue weighted by Gasteiger charge is -1.94. The van der Waals surface area contributed by atoms with Gasteiger partial charge >= 0.3 is 0 Å². The van der Waals surface area contributed by atoms with Gasteiger partial charge < -0.3 is 4.42 Å². The average molecular weight is 255 g/mol. The number of nitrogens with zero attached hydrogens (tertiary/aromatic N) is 4. The molecule has 0 N–H and O–H groups in total. The third-order valence-corrected chi connectivity index (χ3v) is 2.79. The molecule has 2 aromatic heterocycles. The number of aryl methyl sites for hydroxylation is 3. The van der Waals surface area contributed by atoms with E-state index in [4.69, 9.17) is 16.0 Å². The zero-order chi connectivity index (χ0) is 12.3. The fourth-order valence-corrected chi connectivity index (χ4v) is 1.66. The van der Waals surface area contributed by atoms with E-state index in [-0.39, 0.29) is 0 Å². The third-order valence-electron chi connectivity index (χ3n) is 2.52. The average Bonchev–Trinajstić information content (AvgIpc) is 2.85. The van der Waals surface area contributed by atoms with Gasteiger partial charge in [-0.2, -0.15) is 0 Å². The van der Waals surface area contributed by atoms with Crippen LogP contribution in [0.5, 0.6) is 0 Å². The SMILES string of the molecule is Cc1nc(Cn2cc(CCCCl)nn2)oc1C. The van der Waals surface area contributed by atoms with E-state index in [0.717, 1.165) is 30.0 Å². The molecule has 0 saturated carbocycles. The van der Waals surface area contributed by atoms with Gasteiger partial charge in [-0.1, -0.05) is 5.21 Å². The first-order chi connectivity index (χ1) is 8.19. The van der Waals surface area contributed by atoms with Crippen molar-refractivity contribution in [3.8, 4) is 0 Å².